The van der Waals surface area contributed by atoms with Crippen LogP contribution in [-0.2, 0) is 9.84 Å². The molecule has 1 saturated heterocycles. The Kier molecular flexibility index (Phi) is 4.20. The van der Waals surface area contributed by atoms with E-state index in [1.165, 1.54) is 13.1 Å². The minimum absolute atomic E-state index is 0.0892. The normalized spacial score (nSPS) is 24.1. The second kappa shape index (κ2) is 5.54. The molecule has 0 radical (unpaired) electrons. The molecule has 0 spiro atoms. The van der Waals surface area contributed by atoms with Crippen LogP contribution in [0.2, 0.25) is 0 Å². The van der Waals surface area contributed by atoms with E-state index in [0.717, 1.165) is 18.6 Å². The molecule has 19 heavy (non-hydrogen) atoms. The van der Waals surface area contributed by atoms with Gasteiger partial charge in [-0.2, -0.15) is 0 Å². The van der Waals surface area contributed by atoms with Crippen molar-refractivity contribution in [1.29, 1.82) is 0 Å². The molecule has 1 N–H and O–H groups in total. The van der Waals surface area contributed by atoms with E-state index >= 15 is 0 Å². The summed E-state index contributed by atoms with van der Waals surface area (Å²) in [7, 11) is -1.78. The van der Waals surface area contributed by atoms with Gasteiger partial charge in [-0.05, 0) is 32.0 Å². The topological polar surface area (TPSA) is 46.2 Å². The van der Waals surface area contributed by atoms with Gasteiger partial charge in [0.1, 0.15) is 11.6 Å². The fourth-order valence-electron chi connectivity index (χ4n) is 2.68. The van der Waals surface area contributed by atoms with Crippen LogP contribution in [0, 0.1) is 11.6 Å². The fraction of sp³-hybridized carbons (Fsp3) is 0.538. The minimum atomic E-state index is -3.31. The zero-order chi connectivity index (χ0) is 14.0. The summed E-state index contributed by atoms with van der Waals surface area (Å²) >= 11 is 0. The summed E-state index contributed by atoms with van der Waals surface area (Å²) in [4.78, 5) is 0. The van der Waals surface area contributed by atoms with Crippen LogP contribution in [0.4, 0.5) is 8.78 Å². The average molecular weight is 289 g/mol. The molecule has 1 aromatic carbocycles. The summed E-state index contributed by atoms with van der Waals surface area (Å²) in [6.07, 6.45) is 1.81. The Bertz CT molecular complexity index is 540. The third kappa shape index (κ3) is 2.79. The van der Waals surface area contributed by atoms with E-state index in [-0.39, 0.29) is 11.3 Å². The molecule has 106 valence electrons. The third-order valence-electron chi connectivity index (χ3n) is 3.62. The maximum Gasteiger partial charge on any atom is 0.155 e. The molecule has 0 saturated carbocycles. The second-order valence-electron chi connectivity index (χ2n) is 4.80. The third-order valence-corrected chi connectivity index (χ3v) is 5.91. The molecule has 2 rings (SSSR count). The molecule has 0 aromatic heterocycles. The Labute approximate surface area is 111 Å². The average Bonchev–Trinajstić information content (AvgIpc) is 2.34. The molecule has 6 heteroatoms. The molecule has 0 bridgehead atoms. The zero-order valence-electron chi connectivity index (χ0n) is 10.7. The van der Waals surface area contributed by atoms with Crippen LogP contribution in [0.1, 0.15) is 30.9 Å². The largest absolute Gasteiger partial charge is 0.312 e. The van der Waals surface area contributed by atoms with Gasteiger partial charge in [-0.15, -0.1) is 0 Å². The molecule has 1 aromatic rings. The van der Waals surface area contributed by atoms with Crippen molar-refractivity contribution in [2.75, 3.05) is 12.8 Å². The van der Waals surface area contributed by atoms with E-state index in [4.69, 9.17) is 0 Å². The first-order valence-electron chi connectivity index (χ1n) is 6.30. The highest BCUT2D eigenvalue weighted by atomic mass is 32.2. The van der Waals surface area contributed by atoms with Crippen molar-refractivity contribution >= 4 is 9.84 Å². The highest BCUT2D eigenvalue weighted by Crippen LogP contribution is 2.32. The smallest absolute Gasteiger partial charge is 0.155 e. The SMILES string of the molecule is CNC(c1c(F)cccc1F)C1CCCCS1(=O)=O. The molecule has 1 aliphatic rings. The van der Waals surface area contributed by atoms with Gasteiger partial charge in [0, 0.05) is 5.56 Å². The number of rotatable bonds is 3. The van der Waals surface area contributed by atoms with Crippen molar-refractivity contribution in [1.82, 2.24) is 5.32 Å². The van der Waals surface area contributed by atoms with E-state index in [1.54, 1.807) is 0 Å². The van der Waals surface area contributed by atoms with Crippen molar-refractivity contribution in [3.63, 3.8) is 0 Å². The lowest BCUT2D eigenvalue weighted by Crippen LogP contribution is -2.40. The van der Waals surface area contributed by atoms with Gasteiger partial charge in [-0.1, -0.05) is 12.5 Å². The van der Waals surface area contributed by atoms with Crippen LogP contribution in [0.3, 0.4) is 0 Å². The number of hydrogen-bond donors (Lipinski definition) is 1. The predicted molar refractivity (Wildman–Crippen MR) is 69.6 cm³/mol. The van der Waals surface area contributed by atoms with E-state index < -0.39 is 32.8 Å². The van der Waals surface area contributed by atoms with Gasteiger partial charge in [0.05, 0.1) is 17.0 Å². The summed E-state index contributed by atoms with van der Waals surface area (Å²) in [5, 5.41) is 2.00. The lowest BCUT2D eigenvalue weighted by Gasteiger charge is -2.30. The Balaban J connectivity index is 2.45. The summed E-state index contributed by atoms with van der Waals surface area (Å²) in [5.41, 5.74) is -0.180. The van der Waals surface area contributed by atoms with Gasteiger partial charge in [0.2, 0.25) is 0 Å². The van der Waals surface area contributed by atoms with Gasteiger partial charge in [-0.3, -0.25) is 0 Å². The lowest BCUT2D eigenvalue weighted by molar-refractivity contribution is 0.436. The van der Waals surface area contributed by atoms with Crippen LogP contribution in [-0.4, -0.2) is 26.5 Å². The minimum Gasteiger partial charge on any atom is -0.312 e. The van der Waals surface area contributed by atoms with Crippen LogP contribution in [0.5, 0.6) is 0 Å². The number of nitrogens with one attached hydrogen (secondary N) is 1. The molecule has 1 aliphatic heterocycles. The zero-order valence-corrected chi connectivity index (χ0v) is 11.5. The fourth-order valence-corrected chi connectivity index (χ4v) is 4.80. The molecule has 1 fully saturated rings. The van der Waals surface area contributed by atoms with E-state index in [9.17, 15) is 17.2 Å². The molecule has 1 heterocycles. The Hall–Kier alpha value is -1.01. The van der Waals surface area contributed by atoms with E-state index in [1.807, 2.05) is 0 Å². The van der Waals surface area contributed by atoms with Gasteiger partial charge in [-0.25, -0.2) is 17.2 Å². The van der Waals surface area contributed by atoms with Crippen molar-refractivity contribution in [2.24, 2.45) is 0 Å². The van der Waals surface area contributed by atoms with Crippen LogP contribution >= 0.6 is 0 Å². The van der Waals surface area contributed by atoms with Gasteiger partial charge in [0.15, 0.2) is 9.84 Å². The first-order chi connectivity index (χ1) is 8.97. The van der Waals surface area contributed by atoms with Crippen molar-refractivity contribution in [2.45, 2.75) is 30.6 Å². The number of halogens is 2. The lowest BCUT2D eigenvalue weighted by atomic mass is 9.98. The summed E-state index contributed by atoms with van der Waals surface area (Å²) < 4.78 is 51.8. The Morgan fingerprint density at radius 3 is 2.42 bits per heavy atom. The summed E-state index contributed by atoms with van der Waals surface area (Å²) in [6, 6.07) is 2.73. The molecule has 0 aliphatic carbocycles. The highest BCUT2D eigenvalue weighted by molar-refractivity contribution is 7.92. The van der Waals surface area contributed by atoms with Gasteiger partial charge in [0.25, 0.3) is 0 Å². The monoisotopic (exact) mass is 289 g/mol. The standard InChI is InChI=1S/C13H17F2NO2S/c1-16-13(11-7-2-3-8-19(11,17)18)12-9(14)5-4-6-10(12)15/h4-6,11,13,16H,2-3,7-8H2,1H3. The van der Waals surface area contributed by atoms with E-state index in [2.05, 4.69) is 5.32 Å². The highest BCUT2D eigenvalue weighted by Gasteiger charge is 2.37. The quantitative estimate of drug-likeness (QED) is 0.928. The molecule has 2 unspecified atom stereocenters. The maximum atomic E-state index is 13.8. The first kappa shape index (κ1) is 14.4. The molecule has 2 atom stereocenters. The number of hydrogen-bond acceptors (Lipinski definition) is 3. The first-order valence-corrected chi connectivity index (χ1v) is 8.01. The predicted octanol–water partition coefficient (Wildman–Crippen LogP) is 2.19. The molecular weight excluding hydrogens is 272 g/mol. The van der Waals surface area contributed by atoms with Crippen LogP contribution in [0.15, 0.2) is 18.2 Å². The number of benzene rings is 1. The number of sulfone groups is 1. The van der Waals surface area contributed by atoms with Crippen LogP contribution < -0.4 is 5.32 Å². The molecule has 3 nitrogen and oxygen atoms in total. The van der Waals surface area contributed by atoms with E-state index in [0.29, 0.717) is 12.8 Å². The summed E-state index contributed by atoms with van der Waals surface area (Å²) in [6.45, 7) is 0. The van der Waals surface area contributed by atoms with Crippen molar-refractivity contribution in [3.8, 4) is 0 Å². The van der Waals surface area contributed by atoms with Crippen LogP contribution in [0.25, 0.3) is 0 Å². The van der Waals surface area contributed by atoms with Crippen molar-refractivity contribution < 1.29 is 17.2 Å². The maximum absolute atomic E-state index is 13.8. The molecule has 0 amide bonds. The Morgan fingerprint density at radius 1 is 1.26 bits per heavy atom. The van der Waals surface area contributed by atoms with Crippen molar-refractivity contribution in [3.05, 3.63) is 35.4 Å². The molecular formula is C13H17F2NO2S. The summed E-state index contributed by atoms with van der Waals surface area (Å²) in [5.74, 6) is -1.33. The second-order valence-corrected chi connectivity index (χ2v) is 7.14. The van der Waals surface area contributed by atoms with Gasteiger partial charge < -0.3 is 5.32 Å². The van der Waals surface area contributed by atoms with Gasteiger partial charge >= 0.3 is 0 Å². The Morgan fingerprint density at radius 2 is 1.89 bits per heavy atom.